The maximum absolute atomic E-state index is 12.7. The second kappa shape index (κ2) is 7.23. The summed E-state index contributed by atoms with van der Waals surface area (Å²) in [7, 11) is 0. The summed E-state index contributed by atoms with van der Waals surface area (Å²) >= 11 is 0. The van der Waals surface area contributed by atoms with Gasteiger partial charge in [0.1, 0.15) is 17.7 Å². The monoisotopic (exact) mass is 416 g/mol. The number of nitrogens with two attached hydrogens (primary N) is 1. The first-order valence-corrected chi connectivity index (χ1v) is 10.3. The predicted molar refractivity (Wildman–Crippen MR) is 107 cm³/mol. The molecule has 1 aliphatic heterocycles. The fourth-order valence-electron chi connectivity index (χ4n) is 4.86. The van der Waals surface area contributed by atoms with Crippen molar-refractivity contribution in [1.82, 2.24) is 15.2 Å². The molecular weight excluding hydrogens is 388 g/mol. The van der Waals surface area contributed by atoms with Crippen LogP contribution in [0, 0.1) is 5.41 Å². The van der Waals surface area contributed by atoms with Crippen molar-refractivity contribution in [3.63, 3.8) is 0 Å². The van der Waals surface area contributed by atoms with Gasteiger partial charge in [-0.1, -0.05) is 0 Å². The molecule has 3 aliphatic rings. The van der Waals surface area contributed by atoms with Crippen molar-refractivity contribution < 1.29 is 24.2 Å². The highest BCUT2D eigenvalue weighted by Gasteiger charge is 2.58. The molecule has 2 aliphatic carbocycles. The fraction of sp³-hybridized carbons (Fsp3) is 0.619. The van der Waals surface area contributed by atoms with E-state index in [9.17, 15) is 19.5 Å². The molecule has 2 saturated carbocycles. The molecule has 3 fully saturated rings. The molecule has 1 spiro atoms. The highest BCUT2D eigenvalue weighted by atomic mass is 16.5. The first kappa shape index (κ1) is 20.6. The van der Waals surface area contributed by atoms with Crippen LogP contribution < -0.4 is 15.8 Å². The van der Waals surface area contributed by atoms with E-state index in [1.807, 2.05) is 0 Å². The third-order valence-electron chi connectivity index (χ3n) is 6.44. The Balaban J connectivity index is 1.28. The van der Waals surface area contributed by atoms with Crippen LogP contribution in [-0.2, 0) is 4.79 Å². The number of aliphatic hydroxyl groups is 1. The van der Waals surface area contributed by atoms with Gasteiger partial charge in [-0.2, -0.15) is 0 Å². The van der Waals surface area contributed by atoms with E-state index in [-0.39, 0.29) is 40.9 Å². The zero-order valence-electron chi connectivity index (χ0n) is 17.3. The lowest BCUT2D eigenvalue weighted by Crippen LogP contribution is -2.60. The number of amides is 4. The van der Waals surface area contributed by atoms with Crippen molar-refractivity contribution >= 4 is 17.8 Å². The highest BCUT2D eigenvalue weighted by molar-refractivity contribution is 6.04. The second-order valence-corrected chi connectivity index (χ2v) is 9.49. The summed E-state index contributed by atoms with van der Waals surface area (Å²) in [6, 6.07) is 2.23. The molecule has 4 rings (SSSR count). The smallest absolute Gasteiger partial charge is 0.325 e. The first-order chi connectivity index (χ1) is 14.1. The van der Waals surface area contributed by atoms with Gasteiger partial charge in [-0.3, -0.25) is 14.5 Å². The van der Waals surface area contributed by atoms with Gasteiger partial charge < -0.3 is 20.9 Å². The Kier molecular flexibility index (Phi) is 4.96. The van der Waals surface area contributed by atoms with Gasteiger partial charge in [0.25, 0.3) is 11.8 Å². The zero-order valence-corrected chi connectivity index (χ0v) is 17.3. The van der Waals surface area contributed by atoms with Crippen LogP contribution in [0.4, 0.5) is 4.79 Å². The van der Waals surface area contributed by atoms with Crippen LogP contribution >= 0.6 is 0 Å². The average Bonchev–Trinajstić information content (AvgIpc) is 2.87. The van der Waals surface area contributed by atoms with Crippen molar-refractivity contribution in [3.05, 3.63) is 23.9 Å². The van der Waals surface area contributed by atoms with Crippen molar-refractivity contribution in [2.24, 2.45) is 11.1 Å². The van der Waals surface area contributed by atoms with E-state index in [2.05, 4.69) is 10.3 Å². The van der Waals surface area contributed by atoms with Crippen LogP contribution in [0.15, 0.2) is 18.3 Å². The molecule has 0 bridgehead atoms. The molecule has 1 aromatic heterocycles. The standard InChI is InChI=1S/C21H28N4O5/c1-20(2,29)6-5-15-18(27)25(19(28)24-15)12-8-21(9-12)10-13(11-21)30-17-14(16(22)26)4-3-7-23-17/h3-4,7,12-13,15,29H,5-6,8-11H2,1-2H3,(H2,22,26)(H,24,28). The number of carbonyl (C=O) groups is 3. The summed E-state index contributed by atoms with van der Waals surface area (Å²) in [6.07, 6.45) is 5.47. The van der Waals surface area contributed by atoms with Gasteiger partial charge in [-0.05, 0) is 69.9 Å². The van der Waals surface area contributed by atoms with Crippen LogP contribution in [0.2, 0.25) is 0 Å². The van der Waals surface area contributed by atoms with Gasteiger partial charge in [0.05, 0.1) is 5.60 Å². The first-order valence-electron chi connectivity index (χ1n) is 10.3. The van der Waals surface area contributed by atoms with Gasteiger partial charge in [-0.15, -0.1) is 0 Å². The van der Waals surface area contributed by atoms with Crippen molar-refractivity contribution in [2.75, 3.05) is 0 Å². The van der Waals surface area contributed by atoms with E-state index >= 15 is 0 Å². The molecule has 1 atom stereocenters. The van der Waals surface area contributed by atoms with Crippen molar-refractivity contribution in [3.8, 4) is 5.88 Å². The number of pyridine rings is 1. The fourth-order valence-corrected chi connectivity index (χ4v) is 4.86. The maximum atomic E-state index is 12.7. The summed E-state index contributed by atoms with van der Waals surface area (Å²) < 4.78 is 5.86. The second-order valence-electron chi connectivity index (χ2n) is 9.49. The lowest BCUT2D eigenvalue weighted by atomic mass is 9.52. The zero-order chi connectivity index (χ0) is 21.7. The molecule has 2 heterocycles. The van der Waals surface area contributed by atoms with Crippen LogP contribution in [0.25, 0.3) is 0 Å². The number of imide groups is 1. The van der Waals surface area contributed by atoms with E-state index in [1.165, 1.54) is 4.90 Å². The third-order valence-corrected chi connectivity index (χ3v) is 6.44. The number of aromatic nitrogens is 1. The van der Waals surface area contributed by atoms with Crippen LogP contribution in [-0.4, -0.2) is 56.6 Å². The molecule has 0 aromatic carbocycles. The summed E-state index contributed by atoms with van der Waals surface area (Å²) in [5.74, 6) is -0.520. The minimum absolute atomic E-state index is 0.0541. The van der Waals surface area contributed by atoms with E-state index in [4.69, 9.17) is 10.5 Å². The van der Waals surface area contributed by atoms with E-state index < -0.39 is 17.6 Å². The quantitative estimate of drug-likeness (QED) is 0.574. The van der Waals surface area contributed by atoms with E-state index in [0.29, 0.717) is 12.8 Å². The van der Waals surface area contributed by atoms with Crippen molar-refractivity contribution in [2.45, 2.75) is 76.2 Å². The SMILES string of the molecule is CC(C)(O)CCC1NC(=O)N(C2CC3(CC(Oc4ncccc4C(N)=O)C3)C2)C1=O. The normalized spacial score (nSPS) is 30.6. The number of urea groups is 1. The van der Waals surface area contributed by atoms with Gasteiger partial charge >= 0.3 is 6.03 Å². The topological polar surface area (TPSA) is 135 Å². The van der Waals surface area contributed by atoms with Crippen LogP contribution in [0.3, 0.4) is 0 Å². The van der Waals surface area contributed by atoms with Gasteiger partial charge in [0.15, 0.2) is 0 Å². The number of nitrogens with zero attached hydrogens (tertiary/aromatic N) is 2. The molecule has 1 saturated heterocycles. The molecule has 1 aromatic rings. The average molecular weight is 416 g/mol. The Morgan fingerprint density at radius 1 is 1.37 bits per heavy atom. The highest BCUT2D eigenvalue weighted by Crippen LogP contribution is 2.58. The Morgan fingerprint density at radius 2 is 2.07 bits per heavy atom. The molecular formula is C21H28N4O5. The molecule has 1 unspecified atom stereocenters. The maximum Gasteiger partial charge on any atom is 0.325 e. The molecule has 9 heteroatoms. The molecule has 9 nitrogen and oxygen atoms in total. The van der Waals surface area contributed by atoms with Gasteiger partial charge in [0, 0.05) is 12.2 Å². The van der Waals surface area contributed by atoms with Crippen LogP contribution in [0.1, 0.15) is 62.7 Å². The summed E-state index contributed by atoms with van der Waals surface area (Å²) in [5.41, 5.74) is 4.83. The number of hydrogen-bond donors (Lipinski definition) is 3. The predicted octanol–water partition coefficient (Wildman–Crippen LogP) is 1.34. The summed E-state index contributed by atoms with van der Waals surface area (Å²) in [4.78, 5) is 42.0. The molecule has 162 valence electrons. The number of rotatable bonds is 7. The Labute approximate surface area is 175 Å². The minimum atomic E-state index is -0.873. The molecule has 30 heavy (non-hydrogen) atoms. The number of nitrogens with one attached hydrogen (secondary N) is 1. The summed E-state index contributed by atoms with van der Waals surface area (Å²) in [6.45, 7) is 3.38. The Hall–Kier alpha value is -2.68. The van der Waals surface area contributed by atoms with E-state index in [1.54, 1.807) is 32.2 Å². The molecule has 0 radical (unpaired) electrons. The van der Waals surface area contributed by atoms with Crippen molar-refractivity contribution in [1.29, 1.82) is 0 Å². The number of ether oxygens (including phenoxy) is 1. The Bertz CT molecular complexity index is 866. The lowest BCUT2D eigenvalue weighted by Gasteiger charge is -2.58. The van der Waals surface area contributed by atoms with Gasteiger partial charge in [-0.25, -0.2) is 9.78 Å². The van der Waals surface area contributed by atoms with Crippen LogP contribution in [0.5, 0.6) is 5.88 Å². The Morgan fingerprint density at radius 3 is 2.70 bits per heavy atom. The molecule has 4 amide bonds. The van der Waals surface area contributed by atoms with E-state index in [0.717, 1.165) is 25.7 Å². The number of carbonyl (C=O) groups excluding carboxylic acids is 3. The largest absolute Gasteiger partial charge is 0.474 e. The number of hydrogen-bond acceptors (Lipinski definition) is 6. The lowest BCUT2D eigenvalue weighted by molar-refractivity contribution is -0.141. The number of primary amides is 1. The molecule has 4 N–H and O–H groups in total. The minimum Gasteiger partial charge on any atom is -0.474 e. The third kappa shape index (κ3) is 3.86. The summed E-state index contributed by atoms with van der Waals surface area (Å²) in [5, 5.41) is 12.6. The van der Waals surface area contributed by atoms with Gasteiger partial charge in [0.2, 0.25) is 5.88 Å².